The Morgan fingerprint density at radius 3 is 2.58 bits per heavy atom. The number of ether oxygens (including phenoxy) is 1. The fourth-order valence-corrected chi connectivity index (χ4v) is 4.38. The van der Waals surface area contributed by atoms with Gasteiger partial charge in [0.2, 0.25) is 0 Å². The van der Waals surface area contributed by atoms with Crippen LogP contribution >= 0.6 is 22.9 Å². The van der Waals surface area contributed by atoms with Crippen LogP contribution in [0.15, 0.2) is 30.3 Å². The zero-order valence-electron chi connectivity index (χ0n) is 19.6. The highest BCUT2D eigenvalue weighted by Crippen LogP contribution is 2.28. The number of amides is 3. The maximum Gasteiger partial charge on any atom is 0.413 e. The normalized spacial score (nSPS) is 12.3. The molecule has 3 aromatic rings. The largest absolute Gasteiger partial charge is 0.447 e. The Balaban J connectivity index is 1.61. The molecule has 1 aromatic heterocycles. The monoisotopic (exact) mass is 544 g/mol. The molecule has 1 heterocycles. The van der Waals surface area contributed by atoms with Crippen LogP contribution < -0.4 is 10.6 Å². The minimum atomic E-state index is -1.19. The van der Waals surface area contributed by atoms with E-state index >= 15 is 0 Å². The van der Waals surface area contributed by atoms with Crippen molar-refractivity contribution in [3.8, 4) is 0 Å². The lowest BCUT2D eigenvalue weighted by Gasteiger charge is -2.32. The van der Waals surface area contributed by atoms with Crippen molar-refractivity contribution in [3.63, 3.8) is 0 Å². The molecule has 8 nitrogen and oxygen atoms in total. The lowest BCUT2D eigenvalue weighted by atomic mass is 9.99. The molecule has 36 heavy (non-hydrogen) atoms. The predicted octanol–water partition coefficient (Wildman–Crippen LogP) is 5.29. The molecular formula is C23H24ClF3N4O4S. The van der Waals surface area contributed by atoms with E-state index < -0.39 is 41.2 Å². The molecule has 0 fully saturated rings. The van der Waals surface area contributed by atoms with Gasteiger partial charge in [0.25, 0.3) is 0 Å². The second kappa shape index (κ2) is 11.3. The van der Waals surface area contributed by atoms with Gasteiger partial charge in [-0.1, -0.05) is 29.0 Å². The Bertz CT molecular complexity index is 1230. The summed E-state index contributed by atoms with van der Waals surface area (Å²) in [5.74, 6) is -2.59. The van der Waals surface area contributed by atoms with Crippen LogP contribution in [0.25, 0.3) is 10.2 Å². The highest BCUT2D eigenvalue weighted by Gasteiger charge is 2.28. The summed E-state index contributed by atoms with van der Waals surface area (Å²) in [6.07, 6.45) is -0.830. The molecule has 0 aliphatic heterocycles. The van der Waals surface area contributed by atoms with Crippen molar-refractivity contribution in [1.29, 1.82) is 0 Å². The molecule has 0 radical (unpaired) electrons. The first-order valence-corrected chi connectivity index (χ1v) is 11.9. The van der Waals surface area contributed by atoms with Gasteiger partial charge in [0, 0.05) is 24.7 Å². The lowest BCUT2D eigenvalue weighted by Crippen LogP contribution is -2.48. The molecule has 0 saturated carbocycles. The maximum absolute atomic E-state index is 13.4. The molecule has 0 saturated heterocycles. The number of hydrogen-bond acceptors (Lipinski definition) is 6. The van der Waals surface area contributed by atoms with Gasteiger partial charge >= 0.3 is 12.1 Å². The Morgan fingerprint density at radius 1 is 1.22 bits per heavy atom. The number of nitrogens with one attached hydrogen (secondary N) is 2. The summed E-state index contributed by atoms with van der Waals surface area (Å²) in [5, 5.41) is 15.5. The van der Waals surface area contributed by atoms with Crippen molar-refractivity contribution >= 4 is 50.4 Å². The van der Waals surface area contributed by atoms with Crippen LogP contribution in [-0.4, -0.2) is 52.4 Å². The first-order chi connectivity index (χ1) is 16.8. The van der Waals surface area contributed by atoms with Crippen molar-refractivity contribution in [1.82, 2.24) is 15.2 Å². The van der Waals surface area contributed by atoms with Crippen molar-refractivity contribution in [2.24, 2.45) is 0 Å². The zero-order chi connectivity index (χ0) is 26.6. The highest BCUT2D eigenvalue weighted by atomic mass is 35.5. The fourth-order valence-electron chi connectivity index (χ4n) is 3.28. The zero-order valence-corrected chi connectivity index (χ0v) is 21.1. The number of anilines is 1. The minimum absolute atomic E-state index is 0.0255. The van der Waals surface area contributed by atoms with Crippen LogP contribution in [0.5, 0.6) is 0 Å². The first kappa shape index (κ1) is 27.5. The van der Waals surface area contributed by atoms with E-state index in [2.05, 4.69) is 15.6 Å². The number of carbonyl (C=O) groups is 2. The van der Waals surface area contributed by atoms with Crippen molar-refractivity contribution in [3.05, 3.63) is 58.4 Å². The maximum atomic E-state index is 13.4. The summed E-state index contributed by atoms with van der Waals surface area (Å²) in [5.41, 5.74) is -0.516. The van der Waals surface area contributed by atoms with E-state index in [1.807, 2.05) is 0 Å². The molecule has 0 unspecified atom stereocenters. The number of likely N-dealkylation sites (N-methyl/N-ethyl adjacent to an activating group) is 1. The molecular weight excluding hydrogens is 521 g/mol. The summed E-state index contributed by atoms with van der Waals surface area (Å²) >= 11 is 6.92. The average molecular weight is 545 g/mol. The van der Waals surface area contributed by atoms with Crippen LogP contribution in [0, 0.1) is 17.5 Å². The van der Waals surface area contributed by atoms with Crippen LogP contribution in [0.4, 0.5) is 27.9 Å². The molecule has 194 valence electrons. The van der Waals surface area contributed by atoms with E-state index in [4.69, 9.17) is 16.3 Å². The molecule has 0 aliphatic rings. The van der Waals surface area contributed by atoms with E-state index in [1.54, 1.807) is 13.8 Å². The summed E-state index contributed by atoms with van der Waals surface area (Å²) in [4.78, 5) is 30.3. The number of carbonyl (C=O) groups excluding carboxylic acids is 2. The number of aliphatic hydroxyl groups is 1. The number of fused-ring (bicyclic) bond motifs is 1. The predicted molar refractivity (Wildman–Crippen MR) is 131 cm³/mol. The average Bonchev–Trinajstić information content (AvgIpc) is 3.15. The standard InChI is InChI=1S/C23H24ClF3N4O4S/c1-23(2,34)9-14(31(3)21(32)28-10-12-4-5-13(25)6-15(12)24)11-35-22(33)30-20-29-18-7-16(26)17(27)8-19(18)36-20/h4-8,14,34H,9-11H2,1-3H3,(H,28,32)(H,29,30,33)/t14-/m0/s1. The molecule has 2 aromatic carbocycles. The number of urea groups is 1. The van der Waals surface area contributed by atoms with Crippen LogP contribution in [-0.2, 0) is 11.3 Å². The van der Waals surface area contributed by atoms with Crippen LogP contribution in [0.3, 0.4) is 0 Å². The third-order valence-electron chi connectivity index (χ3n) is 5.09. The summed E-state index contributed by atoms with van der Waals surface area (Å²) in [7, 11) is 1.47. The van der Waals surface area contributed by atoms with Crippen LogP contribution in [0.2, 0.25) is 5.02 Å². The van der Waals surface area contributed by atoms with Gasteiger partial charge in [0.15, 0.2) is 16.8 Å². The molecule has 3 N–H and O–H groups in total. The molecule has 0 aliphatic carbocycles. The Labute approximate surface area is 214 Å². The van der Waals surface area contributed by atoms with Gasteiger partial charge in [0.05, 0.1) is 21.9 Å². The second-order valence-corrected chi connectivity index (χ2v) is 10.1. The first-order valence-electron chi connectivity index (χ1n) is 10.7. The number of nitrogens with zero attached hydrogens (tertiary/aromatic N) is 2. The van der Waals surface area contributed by atoms with Gasteiger partial charge in [-0.25, -0.2) is 27.7 Å². The molecule has 3 amide bonds. The Hall–Kier alpha value is -3.09. The Morgan fingerprint density at radius 2 is 1.92 bits per heavy atom. The number of benzene rings is 2. The van der Waals surface area contributed by atoms with E-state index in [1.165, 1.54) is 24.1 Å². The smallest absolute Gasteiger partial charge is 0.413 e. The number of aromatic nitrogens is 1. The molecule has 0 bridgehead atoms. The summed E-state index contributed by atoms with van der Waals surface area (Å²) < 4.78 is 45.6. The number of rotatable bonds is 8. The molecule has 0 spiro atoms. The van der Waals surface area contributed by atoms with Crippen molar-refractivity contribution < 1.29 is 32.6 Å². The van der Waals surface area contributed by atoms with E-state index in [-0.39, 0.29) is 35.2 Å². The van der Waals surface area contributed by atoms with Gasteiger partial charge in [-0.05, 0) is 44.0 Å². The van der Waals surface area contributed by atoms with E-state index in [0.717, 1.165) is 29.5 Å². The number of hydrogen-bond donors (Lipinski definition) is 3. The lowest BCUT2D eigenvalue weighted by molar-refractivity contribution is 0.0277. The van der Waals surface area contributed by atoms with Gasteiger partial charge < -0.3 is 20.1 Å². The van der Waals surface area contributed by atoms with Gasteiger partial charge in [0.1, 0.15) is 12.4 Å². The van der Waals surface area contributed by atoms with Gasteiger partial charge in [-0.3, -0.25) is 5.32 Å². The topological polar surface area (TPSA) is 104 Å². The van der Waals surface area contributed by atoms with Crippen molar-refractivity contribution in [2.45, 2.75) is 38.5 Å². The minimum Gasteiger partial charge on any atom is -0.447 e. The van der Waals surface area contributed by atoms with Crippen molar-refractivity contribution in [2.75, 3.05) is 19.0 Å². The van der Waals surface area contributed by atoms with Gasteiger partial charge in [-0.2, -0.15) is 0 Å². The Kier molecular flexibility index (Phi) is 8.64. The third kappa shape index (κ3) is 7.45. The fraction of sp³-hybridized carbons (Fsp3) is 0.348. The number of thiazole rings is 1. The SMILES string of the molecule is CN(C(=O)NCc1ccc(F)cc1Cl)[C@H](COC(=O)Nc1nc2cc(F)c(F)cc2s1)CC(C)(C)O. The van der Waals surface area contributed by atoms with Gasteiger partial charge in [-0.15, -0.1) is 0 Å². The summed E-state index contributed by atoms with van der Waals surface area (Å²) in [6.45, 7) is 2.84. The second-order valence-electron chi connectivity index (χ2n) is 8.65. The van der Waals surface area contributed by atoms with E-state index in [0.29, 0.717) is 10.3 Å². The molecule has 3 rings (SSSR count). The van der Waals surface area contributed by atoms with Crippen LogP contribution in [0.1, 0.15) is 25.8 Å². The quantitative estimate of drug-likeness (QED) is 0.358. The number of halogens is 4. The third-order valence-corrected chi connectivity index (χ3v) is 6.38. The summed E-state index contributed by atoms with van der Waals surface area (Å²) in [6, 6.07) is 4.44. The van der Waals surface area contributed by atoms with E-state index in [9.17, 15) is 27.9 Å². The highest BCUT2D eigenvalue weighted by molar-refractivity contribution is 7.22. The molecule has 13 heteroatoms. The molecule has 1 atom stereocenters.